The van der Waals surface area contributed by atoms with Gasteiger partial charge in [0, 0.05) is 12.0 Å². The lowest BCUT2D eigenvalue weighted by molar-refractivity contribution is -0.138. The molecule has 0 unspecified atom stereocenters. The fourth-order valence-corrected chi connectivity index (χ4v) is 1.03. The summed E-state index contributed by atoms with van der Waals surface area (Å²) in [5.74, 6) is -1.41. The lowest BCUT2D eigenvalue weighted by atomic mass is 10.0. The second kappa shape index (κ2) is 4.53. The minimum atomic E-state index is -1.16. The molecule has 0 spiro atoms. The standard InChI is InChI=1S/C10H11NO3/c11-8(10(13)14)6-9(12)7-4-2-1-3-5-7/h1-5,8H,6,11H2,(H,13,14)/t8-/m0/s1. The highest BCUT2D eigenvalue weighted by Crippen LogP contribution is 2.04. The quantitative estimate of drug-likeness (QED) is 0.689. The van der Waals surface area contributed by atoms with E-state index in [0.717, 1.165) is 0 Å². The second-order valence-electron chi connectivity index (χ2n) is 2.94. The number of hydrogen-bond acceptors (Lipinski definition) is 3. The first-order valence-corrected chi connectivity index (χ1v) is 4.18. The maximum absolute atomic E-state index is 11.4. The van der Waals surface area contributed by atoms with Gasteiger partial charge in [-0.15, -0.1) is 0 Å². The van der Waals surface area contributed by atoms with Gasteiger partial charge in [0.2, 0.25) is 0 Å². The number of nitrogens with two attached hydrogens (primary N) is 1. The summed E-state index contributed by atoms with van der Waals surface area (Å²) in [7, 11) is 0. The smallest absolute Gasteiger partial charge is 0.320 e. The predicted molar refractivity (Wildman–Crippen MR) is 51.0 cm³/mol. The van der Waals surface area contributed by atoms with Crippen LogP contribution in [0.1, 0.15) is 16.8 Å². The molecule has 1 aromatic carbocycles. The summed E-state index contributed by atoms with van der Waals surface area (Å²) in [6.07, 6.45) is -0.167. The zero-order chi connectivity index (χ0) is 10.6. The largest absolute Gasteiger partial charge is 0.480 e. The van der Waals surface area contributed by atoms with Gasteiger partial charge in [-0.1, -0.05) is 30.3 Å². The molecule has 1 atom stereocenters. The maximum Gasteiger partial charge on any atom is 0.320 e. The summed E-state index contributed by atoms with van der Waals surface area (Å²) in [6.45, 7) is 0. The fourth-order valence-electron chi connectivity index (χ4n) is 1.03. The average Bonchev–Trinajstić information content (AvgIpc) is 2.19. The molecule has 4 nitrogen and oxygen atoms in total. The Labute approximate surface area is 81.3 Å². The van der Waals surface area contributed by atoms with Crippen molar-refractivity contribution in [3.05, 3.63) is 35.9 Å². The predicted octanol–water partition coefficient (Wildman–Crippen LogP) is 0.671. The number of benzene rings is 1. The van der Waals surface area contributed by atoms with Crippen molar-refractivity contribution in [2.24, 2.45) is 5.73 Å². The number of carboxylic acid groups (broad SMARTS) is 1. The number of ketones is 1. The number of carbonyl (C=O) groups excluding carboxylic acids is 1. The number of carboxylic acids is 1. The van der Waals surface area contributed by atoms with Crippen molar-refractivity contribution in [3.63, 3.8) is 0 Å². The Hall–Kier alpha value is -1.68. The molecule has 0 aliphatic rings. The average molecular weight is 193 g/mol. The summed E-state index contributed by atoms with van der Waals surface area (Å²) in [6, 6.07) is 7.38. The molecule has 0 amide bonds. The Morgan fingerprint density at radius 1 is 1.29 bits per heavy atom. The van der Waals surface area contributed by atoms with E-state index in [-0.39, 0.29) is 12.2 Å². The molecule has 0 saturated carbocycles. The SMILES string of the molecule is N[C@@H](CC(=O)c1ccccc1)C(=O)O. The first kappa shape index (κ1) is 10.4. The highest BCUT2D eigenvalue weighted by Gasteiger charge is 2.16. The minimum Gasteiger partial charge on any atom is -0.480 e. The molecule has 1 aromatic rings. The van der Waals surface area contributed by atoms with Crippen LogP contribution in [0.15, 0.2) is 30.3 Å². The van der Waals surface area contributed by atoms with Gasteiger partial charge in [0.15, 0.2) is 5.78 Å². The Bertz CT molecular complexity index is 334. The zero-order valence-corrected chi connectivity index (χ0v) is 7.51. The molecule has 4 heteroatoms. The van der Waals surface area contributed by atoms with E-state index in [1.807, 2.05) is 0 Å². The van der Waals surface area contributed by atoms with Gasteiger partial charge in [0.25, 0.3) is 0 Å². The first-order valence-electron chi connectivity index (χ1n) is 4.18. The van der Waals surface area contributed by atoms with Crippen LogP contribution in [-0.2, 0) is 4.79 Å². The topological polar surface area (TPSA) is 80.4 Å². The van der Waals surface area contributed by atoms with Gasteiger partial charge >= 0.3 is 5.97 Å². The van der Waals surface area contributed by atoms with Crippen molar-refractivity contribution in [2.45, 2.75) is 12.5 Å². The lowest BCUT2D eigenvalue weighted by Crippen LogP contribution is -2.32. The molecule has 0 aliphatic carbocycles. The molecule has 3 N–H and O–H groups in total. The summed E-state index contributed by atoms with van der Waals surface area (Å²) < 4.78 is 0. The Morgan fingerprint density at radius 2 is 1.86 bits per heavy atom. The monoisotopic (exact) mass is 193 g/mol. The van der Waals surface area contributed by atoms with Crippen LogP contribution in [0.4, 0.5) is 0 Å². The van der Waals surface area contributed by atoms with Gasteiger partial charge in [-0.25, -0.2) is 0 Å². The van der Waals surface area contributed by atoms with Crippen molar-refractivity contribution in [1.29, 1.82) is 0 Å². The summed E-state index contributed by atoms with van der Waals surface area (Å²) in [5.41, 5.74) is 5.72. The molecule has 0 bridgehead atoms. The molecular formula is C10H11NO3. The fraction of sp³-hybridized carbons (Fsp3) is 0.200. The molecule has 0 fully saturated rings. The van der Waals surface area contributed by atoms with E-state index in [0.29, 0.717) is 5.56 Å². The summed E-state index contributed by atoms with van der Waals surface area (Å²) >= 11 is 0. The number of rotatable bonds is 4. The van der Waals surface area contributed by atoms with Crippen LogP contribution in [0.25, 0.3) is 0 Å². The lowest BCUT2D eigenvalue weighted by Gasteiger charge is -2.04. The third kappa shape index (κ3) is 2.67. The van der Waals surface area contributed by atoms with Crippen molar-refractivity contribution in [2.75, 3.05) is 0 Å². The van der Waals surface area contributed by atoms with E-state index in [9.17, 15) is 9.59 Å². The Balaban J connectivity index is 2.64. The van der Waals surface area contributed by atoms with Gasteiger partial charge in [0.1, 0.15) is 6.04 Å². The molecule has 1 rings (SSSR count). The van der Waals surface area contributed by atoms with Crippen LogP contribution in [0, 0.1) is 0 Å². The van der Waals surface area contributed by atoms with Gasteiger partial charge in [-0.2, -0.15) is 0 Å². The molecule has 14 heavy (non-hydrogen) atoms. The van der Waals surface area contributed by atoms with E-state index < -0.39 is 12.0 Å². The molecule has 74 valence electrons. The molecule has 0 radical (unpaired) electrons. The van der Waals surface area contributed by atoms with E-state index in [2.05, 4.69) is 0 Å². The molecule has 0 aliphatic heterocycles. The zero-order valence-electron chi connectivity index (χ0n) is 7.51. The summed E-state index contributed by atoms with van der Waals surface area (Å²) in [5, 5.41) is 8.50. The summed E-state index contributed by atoms with van der Waals surface area (Å²) in [4.78, 5) is 21.8. The van der Waals surface area contributed by atoms with Crippen LogP contribution in [-0.4, -0.2) is 22.9 Å². The number of aliphatic carboxylic acids is 1. The van der Waals surface area contributed by atoms with Crippen LogP contribution in [0.5, 0.6) is 0 Å². The van der Waals surface area contributed by atoms with Gasteiger partial charge in [0.05, 0.1) is 0 Å². The van der Waals surface area contributed by atoms with Gasteiger partial charge < -0.3 is 10.8 Å². The minimum absolute atomic E-state index is 0.167. The normalized spacial score (nSPS) is 12.1. The van der Waals surface area contributed by atoms with Gasteiger partial charge in [-0.3, -0.25) is 9.59 Å². The van der Waals surface area contributed by atoms with Gasteiger partial charge in [-0.05, 0) is 0 Å². The third-order valence-electron chi connectivity index (χ3n) is 1.82. The number of hydrogen-bond donors (Lipinski definition) is 2. The molecule has 0 heterocycles. The van der Waals surface area contributed by atoms with Crippen molar-refractivity contribution in [1.82, 2.24) is 0 Å². The first-order chi connectivity index (χ1) is 6.61. The van der Waals surface area contributed by atoms with Crippen molar-refractivity contribution in [3.8, 4) is 0 Å². The third-order valence-corrected chi connectivity index (χ3v) is 1.82. The Morgan fingerprint density at radius 3 is 2.36 bits per heavy atom. The van der Waals surface area contributed by atoms with Crippen LogP contribution in [0.3, 0.4) is 0 Å². The molecule has 0 aromatic heterocycles. The van der Waals surface area contributed by atoms with E-state index in [1.165, 1.54) is 0 Å². The van der Waals surface area contributed by atoms with Crippen LogP contribution < -0.4 is 5.73 Å². The van der Waals surface area contributed by atoms with Crippen molar-refractivity contribution >= 4 is 11.8 Å². The maximum atomic E-state index is 11.4. The van der Waals surface area contributed by atoms with E-state index in [4.69, 9.17) is 10.8 Å². The van der Waals surface area contributed by atoms with E-state index in [1.54, 1.807) is 30.3 Å². The molecular weight excluding hydrogens is 182 g/mol. The Kier molecular flexibility index (Phi) is 3.36. The molecule has 0 saturated heterocycles. The van der Waals surface area contributed by atoms with Crippen molar-refractivity contribution < 1.29 is 14.7 Å². The van der Waals surface area contributed by atoms with E-state index >= 15 is 0 Å². The number of Topliss-reactive ketones (excluding diaryl/α,β-unsaturated/α-hetero) is 1. The number of carbonyl (C=O) groups is 2. The van der Waals surface area contributed by atoms with Crippen LogP contribution >= 0.6 is 0 Å². The highest BCUT2D eigenvalue weighted by molar-refractivity contribution is 5.98. The highest BCUT2D eigenvalue weighted by atomic mass is 16.4. The van der Waals surface area contributed by atoms with Crippen LogP contribution in [0.2, 0.25) is 0 Å². The second-order valence-corrected chi connectivity index (χ2v) is 2.94.